The van der Waals surface area contributed by atoms with Crippen molar-refractivity contribution in [1.82, 2.24) is 20.6 Å². The first kappa shape index (κ1) is 27.4. The number of aliphatic carboxylic acids is 1. The van der Waals surface area contributed by atoms with Gasteiger partial charge in [0.2, 0.25) is 6.41 Å². The number of carbonyl (C=O) groups excluding carboxylic acids is 4. The molecule has 0 saturated heterocycles. The van der Waals surface area contributed by atoms with E-state index >= 15 is 0 Å². The second-order valence-corrected chi connectivity index (χ2v) is 9.70. The zero-order chi connectivity index (χ0) is 28.1. The van der Waals surface area contributed by atoms with Gasteiger partial charge in [0, 0.05) is 12.7 Å². The van der Waals surface area contributed by atoms with Gasteiger partial charge in [-0.3, -0.25) is 44.6 Å². The molecule has 0 bridgehead atoms. The summed E-state index contributed by atoms with van der Waals surface area (Å²) < 4.78 is 0. The number of fused-ring (bicyclic) bond motifs is 2. The molecular weight excluding hydrogens is 502 g/mol. The number of pyridine rings is 1. The van der Waals surface area contributed by atoms with E-state index in [4.69, 9.17) is 0 Å². The molecule has 0 aliphatic carbocycles. The van der Waals surface area contributed by atoms with Gasteiger partial charge in [0.15, 0.2) is 0 Å². The topological polar surface area (TPSA) is 149 Å². The molecule has 4 rings (SSSR count). The molecule has 39 heavy (non-hydrogen) atoms. The minimum absolute atomic E-state index is 0.0103. The SMILES string of the molecule is CC(C)C[C@H](N[C@H](CCN1C(=O)c2cc3ccccc3cc2C1=O)C(=O)O)C(=O)NN(C=O)c1cccnc1. The number of carbonyl (C=O) groups is 5. The number of nitrogens with one attached hydrogen (secondary N) is 2. The van der Waals surface area contributed by atoms with Crippen molar-refractivity contribution in [3.05, 3.63) is 72.1 Å². The van der Waals surface area contributed by atoms with Gasteiger partial charge in [-0.2, -0.15) is 0 Å². The largest absolute Gasteiger partial charge is 0.480 e. The quantitative estimate of drug-likeness (QED) is 0.183. The minimum atomic E-state index is -1.24. The van der Waals surface area contributed by atoms with E-state index in [-0.39, 0.29) is 36.4 Å². The maximum atomic E-state index is 13.1. The highest BCUT2D eigenvalue weighted by molar-refractivity contribution is 6.23. The van der Waals surface area contributed by atoms with Crippen molar-refractivity contribution in [3.63, 3.8) is 0 Å². The third kappa shape index (κ3) is 6.10. The molecule has 2 heterocycles. The van der Waals surface area contributed by atoms with Crippen LogP contribution in [0.1, 0.15) is 47.4 Å². The second-order valence-electron chi connectivity index (χ2n) is 9.70. The van der Waals surface area contributed by atoms with Gasteiger partial charge in [0.1, 0.15) is 6.04 Å². The molecule has 4 amide bonds. The molecule has 0 radical (unpaired) electrons. The lowest BCUT2D eigenvalue weighted by atomic mass is 10.0. The Balaban J connectivity index is 1.47. The van der Waals surface area contributed by atoms with Gasteiger partial charge in [-0.1, -0.05) is 38.1 Å². The van der Waals surface area contributed by atoms with Crippen molar-refractivity contribution in [3.8, 4) is 0 Å². The van der Waals surface area contributed by atoms with Crippen LogP contribution in [-0.4, -0.2) is 63.7 Å². The van der Waals surface area contributed by atoms with Crippen LogP contribution < -0.4 is 15.8 Å². The molecule has 202 valence electrons. The van der Waals surface area contributed by atoms with E-state index in [9.17, 15) is 29.1 Å². The van der Waals surface area contributed by atoms with E-state index in [1.165, 1.54) is 12.4 Å². The summed E-state index contributed by atoms with van der Waals surface area (Å²) in [6.07, 6.45) is 3.48. The number of nitrogens with zero attached hydrogens (tertiary/aromatic N) is 3. The number of rotatable bonds is 12. The van der Waals surface area contributed by atoms with Crippen LogP contribution in [0.5, 0.6) is 0 Å². The van der Waals surface area contributed by atoms with E-state index < -0.39 is 35.8 Å². The number of hydrazine groups is 1. The molecule has 1 aromatic heterocycles. The molecule has 1 aliphatic heterocycles. The molecule has 0 unspecified atom stereocenters. The third-order valence-corrected chi connectivity index (χ3v) is 6.46. The molecule has 2 atom stereocenters. The summed E-state index contributed by atoms with van der Waals surface area (Å²) >= 11 is 0. The summed E-state index contributed by atoms with van der Waals surface area (Å²) in [5.74, 6) is -2.81. The first-order valence-corrected chi connectivity index (χ1v) is 12.5. The minimum Gasteiger partial charge on any atom is -0.480 e. The average Bonchev–Trinajstić information content (AvgIpc) is 3.15. The Hall–Kier alpha value is -4.64. The van der Waals surface area contributed by atoms with Gasteiger partial charge in [-0.15, -0.1) is 0 Å². The predicted octanol–water partition coefficient (Wildman–Crippen LogP) is 2.37. The van der Waals surface area contributed by atoms with Gasteiger partial charge in [0.25, 0.3) is 17.7 Å². The Labute approximate surface area is 224 Å². The number of hydrogen-bond acceptors (Lipinski definition) is 7. The van der Waals surface area contributed by atoms with Crippen LogP contribution >= 0.6 is 0 Å². The predicted molar refractivity (Wildman–Crippen MR) is 143 cm³/mol. The standard InChI is InChI=1S/C28H29N5O6/c1-17(2)12-24(25(35)31-33(16-34)20-8-5-10-29-15-20)30-23(28(38)39)9-11-32-26(36)21-13-18-6-3-4-7-19(18)14-22(21)27(32)37/h3-8,10,13-17,23-24,30H,9,11-12H2,1-2H3,(H,31,35)(H,38,39)/t23-,24+/m1/s1. The fourth-order valence-corrected chi connectivity index (χ4v) is 4.53. The second kappa shape index (κ2) is 11.8. The van der Waals surface area contributed by atoms with Gasteiger partial charge < -0.3 is 5.11 Å². The van der Waals surface area contributed by atoms with Crippen molar-refractivity contribution in [2.24, 2.45) is 5.92 Å². The van der Waals surface area contributed by atoms with Gasteiger partial charge in [-0.25, -0.2) is 5.01 Å². The van der Waals surface area contributed by atoms with Crippen molar-refractivity contribution in [1.29, 1.82) is 0 Å². The molecular formula is C28H29N5O6. The highest BCUT2D eigenvalue weighted by atomic mass is 16.4. The highest BCUT2D eigenvalue weighted by Gasteiger charge is 2.37. The Bertz CT molecular complexity index is 1360. The smallest absolute Gasteiger partial charge is 0.320 e. The first-order chi connectivity index (χ1) is 18.7. The van der Waals surface area contributed by atoms with Crippen LogP contribution in [0.2, 0.25) is 0 Å². The lowest BCUT2D eigenvalue weighted by Gasteiger charge is -2.27. The summed E-state index contributed by atoms with van der Waals surface area (Å²) in [5, 5.41) is 15.3. The summed E-state index contributed by atoms with van der Waals surface area (Å²) in [6.45, 7) is 3.59. The number of anilines is 1. The van der Waals surface area contributed by atoms with Crippen LogP contribution in [0.25, 0.3) is 10.8 Å². The molecule has 2 aromatic carbocycles. The molecule has 0 saturated carbocycles. The maximum Gasteiger partial charge on any atom is 0.320 e. The normalized spacial score (nSPS) is 14.3. The number of aromatic nitrogens is 1. The highest BCUT2D eigenvalue weighted by Crippen LogP contribution is 2.28. The van der Waals surface area contributed by atoms with Gasteiger partial charge in [-0.05, 0) is 53.8 Å². The van der Waals surface area contributed by atoms with E-state index in [2.05, 4.69) is 15.7 Å². The zero-order valence-corrected chi connectivity index (χ0v) is 21.5. The van der Waals surface area contributed by atoms with Crippen LogP contribution in [0.15, 0.2) is 60.9 Å². The summed E-state index contributed by atoms with van der Waals surface area (Å²) in [5.41, 5.74) is 3.37. The Kier molecular flexibility index (Phi) is 8.30. The van der Waals surface area contributed by atoms with Gasteiger partial charge >= 0.3 is 5.97 Å². The van der Waals surface area contributed by atoms with E-state index in [0.29, 0.717) is 12.1 Å². The van der Waals surface area contributed by atoms with Crippen LogP contribution in [0.4, 0.5) is 5.69 Å². The number of carboxylic acid groups (broad SMARTS) is 1. The van der Waals surface area contributed by atoms with Crippen LogP contribution in [0.3, 0.4) is 0 Å². The number of benzene rings is 2. The number of imide groups is 1. The lowest BCUT2D eigenvalue weighted by molar-refractivity contribution is -0.140. The lowest BCUT2D eigenvalue weighted by Crippen LogP contribution is -2.55. The summed E-state index contributed by atoms with van der Waals surface area (Å²) in [7, 11) is 0. The van der Waals surface area contributed by atoms with Crippen molar-refractivity contribution in [2.45, 2.75) is 38.8 Å². The summed E-state index contributed by atoms with van der Waals surface area (Å²) in [4.78, 5) is 67.8. The van der Waals surface area contributed by atoms with E-state index in [1.54, 1.807) is 24.3 Å². The van der Waals surface area contributed by atoms with Crippen molar-refractivity contribution in [2.75, 3.05) is 11.6 Å². The van der Waals surface area contributed by atoms with E-state index in [1.807, 2.05) is 38.1 Å². The van der Waals surface area contributed by atoms with E-state index in [0.717, 1.165) is 20.7 Å². The summed E-state index contributed by atoms with van der Waals surface area (Å²) in [6, 6.07) is 11.7. The average molecular weight is 532 g/mol. The molecule has 11 heteroatoms. The first-order valence-electron chi connectivity index (χ1n) is 12.5. The molecule has 0 fully saturated rings. The van der Waals surface area contributed by atoms with Crippen LogP contribution in [-0.2, 0) is 14.4 Å². The van der Waals surface area contributed by atoms with Crippen LogP contribution in [0, 0.1) is 5.92 Å². The fraction of sp³-hybridized carbons (Fsp3) is 0.286. The molecule has 11 nitrogen and oxygen atoms in total. The fourth-order valence-electron chi connectivity index (χ4n) is 4.53. The monoisotopic (exact) mass is 531 g/mol. The zero-order valence-electron chi connectivity index (χ0n) is 21.5. The number of amides is 4. The maximum absolute atomic E-state index is 13.1. The number of hydrogen-bond donors (Lipinski definition) is 3. The Morgan fingerprint density at radius 1 is 1.03 bits per heavy atom. The molecule has 3 N–H and O–H groups in total. The van der Waals surface area contributed by atoms with Crippen molar-refractivity contribution < 1.29 is 29.1 Å². The molecule has 3 aromatic rings. The Morgan fingerprint density at radius 3 is 2.18 bits per heavy atom. The van der Waals surface area contributed by atoms with Crippen molar-refractivity contribution >= 4 is 46.6 Å². The van der Waals surface area contributed by atoms with Gasteiger partial charge in [0.05, 0.1) is 29.1 Å². The Morgan fingerprint density at radius 2 is 1.67 bits per heavy atom. The third-order valence-electron chi connectivity index (χ3n) is 6.46. The number of carboxylic acids is 1. The molecule has 0 spiro atoms. The molecule has 1 aliphatic rings.